The summed E-state index contributed by atoms with van der Waals surface area (Å²) in [5.74, 6) is -0.696. The number of rotatable bonds is 6. The molecule has 3 amide bonds. The van der Waals surface area contributed by atoms with Crippen LogP contribution in [0.25, 0.3) is 0 Å². The van der Waals surface area contributed by atoms with Gasteiger partial charge in [-0.05, 0) is 50.1 Å². The molecule has 27 heavy (non-hydrogen) atoms. The Balaban J connectivity index is 0.000000646. The highest BCUT2D eigenvalue weighted by molar-refractivity contribution is 9.10. The third-order valence-corrected chi connectivity index (χ3v) is 4.60. The van der Waals surface area contributed by atoms with Gasteiger partial charge in [0.15, 0.2) is 0 Å². The van der Waals surface area contributed by atoms with Crippen molar-refractivity contribution in [2.24, 2.45) is 5.73 Å². The average molecular weight is 441 g/mol. The Morgan fingerprint density at radius 2 is 1.93 bits per heavy atom. The Bertz CT molecular complexity index is 620. The second-order valence-electron chi connectivity index (χ2n) is 6.29. The van der Waals surface area contributed by atoms with Crippen LogP contribution in [-0.4, -0.2) is 48.3 Å². The van der Waals surface area contributed by atoms with Crippen LogP contribution in [0.4, 0.5) is 5.69 Å². The van der Waals surface area contributed by atoms with Crippen LogP contribution < -0.4 is 16.4 Å². The molecule has 0 bridgehead atoms. The largest absolute Gasteiger partial charge is 0.345 e. The van der Waals surface area contributed by atoms with Gasteiger partial charge in [-0.3, -0.25) is 14.4 Å². The summed E-state index contributed by atoms with van der Waals surface area (Å²) in [6, 6.07) is 6.70. The van der Waals surface area contributed by atoms with Gasteiger partial charge in [0.1, 0.15) is 6.04 Å². The van der Waals surface area contributed by atoms with E-state index in [1.54, 1.807) is 17.0 Å². The van der Waals surface area contributed by atoms with Gasteiger partial charge >= 0.3 is 0 Å². The van der Waals surface area contributed by atoms with E-state index in [1.807, 2.05) is 12.1 Å². The summed E-state index contributed by atoms with van der Waals surface area (Å²) in [6.07, 6.45) is 3.83. The molecule has 1 unspecified atom stereocenters. The molecule has 1 aliphatic heterocycles. The first kappa shape index (κ1) is 23.1. The maximum absolute atomic E-state index is 12.1. The molecule has 1 fully saturated rings. The Morgan fingerprint density at radius 3 is 2.44 bits per heavy atom. The van der Waals surface area contributed by atoms with Gasteiger partial charge in [-0.15, -0.1) is 0 Å². The predicted octanol–water partition coefficient (Wildman–Crippen LogP) is 2.26. The molecule has 7 nitrogen and oxygen atoms in total. The number of anilines is 1. The maximum atomic E-state index is 12.1. The Kier molecular flexibility index (Phi) is 10.7. The fourth-order valence-corrected chi connectivity index (χ4v) is 2.91. The van der Waals surface area contributed by atoms with Crippen LogP contribution in [0.1, 0.15) is 39.5 Å². The molecule has 150 valence electrons. The molecule has 1 aliphatic rings. The van der Waals surface area contributed by atoms with E-state index in [-0.39, 0.29) is 24.3 Å². The van der Waals surface area contributed by atoms with Crippen molar-refractivity contribution in [1.82, 2.24) is 10.2 Å². The standard InChI is InChI=1S/C15H18BrN3O3.C4H11N/c1-10(20)19-8-2-3-13(19)15(22)17-9-14(21)18-12-6-4-11(16)5-7-12;1-2-3-4-5/h4-7,13H,2-3,8-9H2,1H3,(H,17,22)(H,18,21);2-5H2,1H3. The number of carbonyl (C=O) groups is 3. The summed E-state index contributed by atoms with van der Waals surface area (Å²) >= 11 is 3.31. The molecular weight excluding hydrogens is 412 g/mol. The van der Waals surface area contributed by atoms with E-state index in [2.05, 4.69) is 33.5 Å². The van der Waals surface area contributed by atoms with Gasteiger partial charge in [0.25, 0.3) is 0 Å². The molecule has 1 aromatic carbocycles. The van der Waals surface area contributed by atoms with Gasteiger partial charge in [-0.25, -0.2) is 0 Å². The molecule has 0 radical (unpaired) electrons. The average Bonchev–Trinajstić information content (AvgIpc) is 3.13. The van der Waals surface area contributed by atoms with Crippen LogP contribution in [0, 0.1) is 0 Å². The molecule has 1 heterocycles. The molecule has 0 aliphatic carbocycles. The summed E-state index contributed by atoms with van der Waals surface area (Å²) < 4.78 is 0.921. The quantitative estimate of drug-likeness (QED) is 0.630. The van der Waals surface area contributed by atoms with Crippen LogP contribution in [0.5, 0.6) is 0 Å². The van der Waals surface area contributed by atoms with Gasteiger partial charge in [-0.1, -0.05) is 29.3 Å². The van der Waals surface area contributed by atoms with E-state index < -0.39 is 6.04 Å². The summed E-state index contributed by atoms with van der Waals surface area (Å²) in [5.41, 5.74) is 5.80. The van der Waals surface area contributed by atoms with Crippen molar-refractivity contribution in [3.63, 3.8) is 0 Å². The molecule has 1 aromatic rings. The minimum absolute atomic E-state index is 0.114. The highest BCUT2D eigenvalue weighted by Crippen LogP contribution is 2.17. The normalized spacial score (nSPS) is 15.6. The first-order chi connectivity index (χ1) is 12.9. The van der Waals surface area contributed by atoms with Gasteiger partial charge in [0.2, 0.25) is 17.7 Å². The third kappa shape index (κ3) is 8.53. The minimum atomic E-state index is -0.460. The van der Waals surface area contributed by atoms with Crippen LogP contribution >= 0.6 is 15.9 Å². The number of nitrogens with two attached hydrogens (primary N) is 1. The summed E-state index contributed by atoms with van der Waals surface area (Å²) in [4.78, 5) is 36.9. The van der Waals surface area contributed by atoms with E-state index in [0.717, 1.165) is 17.4 Å². The zero-order valence-corrected chi connectivity index (χ0v) is 17.5. The van der Waals surface area contributed by atoms with Crippen LogP contribution in [0.2, 0.25) is 0 Å². The first-order valence-corrected chi connectivity index (χ1v) is 9.98. The molecule has 1 saturated heterocycles. The van der Waals surface area contributed by atoms with E-state index in [0.29, 0.717) is 18.7 Å². The number of nitrogens with one attached hydrogen (secondary N) is 2. The molecular formula is C19H29BrN4O3. The number of hydrogen-bond donors (Lipinski definition) is 3. The summed E-state index contributed by atoms with van der Waals surface area (Å²) in [5, 5.41) is 5.28. The van der Waals surface area contributed by atoms with Gasteiger partial charge in [0, 0.05) is 23.6 Å². The number of benzene rings is 1. The van der Waals surface area contributed by atoms with Crippen molar-refractivity contribution in [2.75, 3.05) is 25.0 Å². The molecule has 4 N–H and O–H groups in total. The minimum Gasteiger partial charge on any atom is -0.345 e. The van der Waals surface area contributed by atoms with Crippen molar-refractivity contribution >= 4 is 39.3 Å². The molecule has 0 saturated carbocycles. The number of halogens is 1. The zero-order chi connectivity index (χ0) is 20.2. The topological polar surface area (TPSA) is 105 Å². The van der Waals surface area contributed by atoms with E-state index >= 15 is 0 Å². The third-order valence-electron chi connectivity index (χ3n) is 4.07. The lowest BCUT2D eigenvalue weighted by Crippen LogP contribution is -2.46. The monoisotopic (exact) mass is 440 g/mol. The highest BCUT2D eigenvalue weighted by Gasteiger charge is 2.32. The first-order valence-electron chi connectivity index (χ1n) is 9.19. The van der Waals surface area contributed by atoms with Crippen molar-refractivity contribution in [3.05, 3.63) is 28.7 Å². The Morgan fingerprint density at radius 1 is 1.26 bits per heavy atom. The second-order valence-corrected chi connectivity index (χ2v) is 7.20. The number of amides is 3. The van der Waals surface area contributed by atoms with E-state index in [4.69, 9.17) is 5.73 Å². The van der Waals surface area contributed by atoms with Crippen LogP contribution in [-0.2, 0) is 14.4 Å². The molecule has 8 heteroatoms. The van der Waals surface area contributed by atoms with Crippen LogP contribution in [0.15, 0.2) is 28.7 Å². The Hall–Kier alpha value is -1.93. The SMILES string of the molecule is CC(=O)N1CCCC1C(=O)NCC(=O)Nc1ccc(Br)cc1.CCCCN. The number of carbonyl (C=O) groups excluding carboxylic acids is 3. The lowest BCUT2D eigenvalue weighted by atomic mass is 10.2. The maximum Gasteiger partial charge on any atom is 0.243 e. The fourth-order valence-electron chi connectivity index (χ4n) is 2.64. The molecule has 1 atom stereocenters. The molecule has 2 rings (SSSR count). The van der Waals surface area contributed by atoms with E-state index in [1.165, 1.54) is 19.8 Å². The number of nitrogens with zero attached hydrogens (tertiary/aromatic N) is 1. The van der Waals surface area contributed by atoms with Crippen LogP contribution in [0.3, 0.4) is 0 Å². The fraction of sp³-hybridized carbons (Fsp3) is 0.526. The highest BCUT2D eigenvalue weighted by atomic mass is 79.9. The number of hydrogen-bond acceptors (Lipinski definition) is 4. The number of likely N-dealkylation sites (tertiary alicyclic amines) is 1. The van der Waals surface area contributed by atoms with Gasteiger partial charge in [-0.2, -0.15) is 0 Å². The predicted molar refractivity (Wildman–Crippen MR) is 110 cm³/mol. The van der Waals surface area contributed by atoms with Crippen molar-refractivity contribution < 1.29 is 14.4 Å². The smallest absolute Gasteiger partial charge is 0.243 e. The van der Waals surface area contributed by atoms with Gasteiger partial charge < -0.3 is 21.3 Å². The van der Waals surface area contributed by atoms with Crippen molar-refractivity contribution in [1.29, 1.82) is 0 Å². The zero-order valence-electron chi connectivity index (χ0n) is 16.0. The molecule has 0 aromatic heterocycles. The molecule has 0 spiro atoms. The summed E-state index contributed by atoms with van der Waals surface area (Å²) in [6.45, 7) is 4.91. The number of unbranched alkanes of at least 4 members (excludes halogenated alkanes) is 1. The lowest BCUT2D eigenvalue weighted by Gasteiger charge is -2.22. The lowest BCUT2D eigenvalue weighted by molar-refractivity contribution is -0.137. The van der Waals surface area contributed by atoms with E-state index in [9.17, 15) is 14.4 Å². The second kappa shape index (κ2) is 12.5. The van der Waals surface area contributed by atoms with Crippen molar-refractivity contribution in [2.45, 2.75) is 45.6 Å². The van der Waals surface area contributed by atoms with Gasteiger partial charge in [0.05, 0.1) is 6.54 Å². The summed E-state index contributed by atoms with van der Waals surface area (Å²) in [7, 11) is 0. The Labute approximate surface area is 169 Å². The van der Waals surface area contributed by atoms with Crippen molar-refractivity contribution in [3.8, 4) is 0 Å².